The van der Waals surface area contributed by atoms with Crippen molar-refractivity contribution in [3.05, 3.63) is 48.9 Å². The molecule has 3 aromatic heterocycles. The van der Waals surface area contributed by atoms with Gasteiger partial charge in [0, 0.05) is 24.5 Å². The van der Waals surface area contributed by atoms with Gasteiger partial charge in [0.25, 0.3) is 0 Å². The Morgan fingerprint density at radius 3 is 3.12 bits per heavy atom. The first kappa shape index (κ1) is 15.3. The van der Waals surface area contributed by atoms with Crippen molar-refractivity contribution in [2.24, 2.45) is 0 Å². The zero-order valence-corrected chi connectivity index (χ0v) is 13.5. The van der Waals surface area contributed by atoms with Crippen LogP contribution in [0.5, 0.6) is 0 Å². The lowest BCUT2D eigenvalue weighted by atomic mass is 9.98. The minimum atomic E-state index is -0.153. The van der Waals surface area contributed by atoms with Crippen molar-refractivity contribution in [1.29, 1.82) is 0 Å². The molecule has 9 heteroatoms. The van der Waals surface area contributed by atoms with Gasteiger partial charge in [-0.15, -0.1) is 0 Å². The molecular weight excluding hydrogens is 320 g/mol. The molecular formula is C16H18N8O. The third-order valence-electron chi connectivity index (χ3n) is 4.33. The first-order valence-electron chi connectivity index (χ1n) is 8.19. The Labute approximate surface area is 144 Å². The van der Waals surface area contributed by atoms with Crippen molar-refractivity contribution in [2.45, 2.75) is 25.3 Å². The highest BCUT2D eigenvalue weighted by Crippen LogP contribution is 2.31. The summed E-state index contributed by atoms with van der Waals surface area (Å²) in [6.07, 6.45) is 11.3. The van der Waals surface area contributed by atoms with Crippen LogP contribution in [0.25, 0.3) is 5.82 Å². The van der Waals surface area contributed by atoms with E-state index < -0.39 is 0 Å². The maximum Gasteiger partial charge on any atom is 0.322 e. The molecule has 0 spiro atoms. The van der Waals surface area contributed by atoms with Crippen LogP contribution < -0.4 is 5.32 Å². The van der Waals surface area contributed by atoms with Crippen LogP contribution in [-0.2, 0) is 0 Å². The van der Waals surface area contributed by atoms with E-state index in [1.165, 1.54) is 11.0 Å². The lowest BCUT2D eigenvalue weighted by Crippen LogP contribution is -2.41. The summed E-state index contributed by atoms with van der Waals surface area (Å²) in [7, 11) is 0. The average molecular weight is 338 g/mol. The van der Waals surface area contributed by atoms with E-state index in [0.29, 0.717) is 18.1 Å². The summed E-state index contributed by atoms with van der Waals surface area (Å²) >= 11 is 0. The van der Waals surface area contributed by atoms with E-state index in [1.54, 1.807) is 30.9 Å². The third-order valence-corrected chi connectivity index (χ3v) is 4.33. The number of aromatic nitrogens is 6. The number of aromatic amines is 1. The Morgan fingerprint density at radius 2 is 2.32 bits per heavy atom. The van der Waals surface area contributed by atoms with E-state index in [1.807, 2.05) is 11.1 Å². The Kier molecular flexibility index (Phi) is 4.11. The number of amides is 2. The van der Waals surface area contributed by atoms with Crippen LogP contribution in [0.15, 0.2) is 43.4 Å². The fraction of sp³-hybridized carbons (Fsp3) is 0.312. The number of urea groups is 1. The minimum Gasteiger partial charge on any atom is -0.317 e. The van der Waals surface area contributed by atoms with Gasteiger partial charge in [0.2, 0.25) is 0 Å². The second-order valence-corrected chi connectivity index (χ2v) is 5.88. The van der Waals surface area contributed by atoms with E-state index in [9.17, 15) is 4.79 Å². The topological polar surface area (TPSA) is 105 Å². The molecule has 25 heavy (non-hydrogen) atoms. The molecule has 0 bridgehead atoms. The second-order valence-electron chi connectivity index (χ2n) is 5.88. The van der Waals surface area contributed by atoms with Crippen molar-refractivity contribution in [3.63, 3.8) is 0 Å². The number of carbonyl (C=O) groups is 1. The van der Waals surface area contributed by atoms with Crippen LogP contribution in [0.2, 0.25) is 0 Å². The number of likely N-dealkylation sites (tertiary alicyclic amines) is 1. The Hall–Kier alpha value is -3.23. The van der Waals surface area contributed by atoms with Crippen LogP contribution >= 0.6 is 0 Å². The number of nitrogens with zero attached hydrogens (tertiary/aromatic N) is 6. The van der Waals surface area contributed by atoms with Crippen LogP contribution in [0.3, 0.4) is 0 Å². The van der Waals surface area contributed by atoms with Crippen LogP contribution in [0.1, 0.15) is 30.9 Å². The molecule has 4 heterocycles. The van der Waals surface area contributed by atoms with Gasteiger partial charge in [-0.2, -0.15) is 10.2 Å². The van der Waals surface area contributed by atoms with Gasteiger partial charge in [0.15, 0.2) is 5.82 Å². The fourth-order valence-electron chi connectivity index (χ4n) is 3.15. The molecule has 2 N–H and O–H groups in total. The molecule has 1 fully saturated rings. The number of rotatable bonds is 3. The van der Waals surface area contributed by atoms with Gasteiger partial charge in [-0.3, -0.25) is 5.10 Å². The normalized spacial score (nSPS) is 17.4. The smallest absolute Gasteiger partial charge is 0.317 e. The molecule has 1 saturated heterocycles. The number of carbonyl (C=O) groups excluding carboxylic acids is 1. The average Bonchev–Trinajstić information content (AvgIpc) is 3.36. The lowest BCUT2D eigenvalue weighted by Gasteiger charge is -2.35. The van der Waals surface area contributed by atoms with Gasteiger partial charge in [0.1, 0.15) is 12.7 Å². The zero-order valence-electron chi connectivity index (χ0n) is 13.5. The second kappa shape index (κ2) is 6.71. The molecule has 1 atom stereocenters. The van der Waals surface area contributed by atoms with Gasteiger partial charge in [0.05, 0.1) is 17.9 Å². The summed E-state index contributed by atoms with van der Waals surface area (Å²) < 4.78 is 1.53. The van der Waals surface area contributed by atoms with Gasteiger partial charge in [-0.1, -0.05) is 0 Å². The number of anilines is 1. The predicted molar refractivity (Wildman–Crippen MR) is 90.1 cm³/mol. The van der Waals surface area contributed by atoms with E-state index >= 15 is 0 Å². The monoisotopic (exact) mass is 338 g/mol. The quantitative estimate of drug-likeness (QED) is 0.761. The SMILES string of the molecule is O=C(Nc1cccnc1-n1cncn1)N1CCCC[C@H]1c1cn[nH]c1. The summed E-state index contributed by atoms with van der Waals surface area (Å²) in [6, 6.07) is 3.46. The summed E-state index contributed by atoms with van der Waals surface area (Å²) in [5.74, 6) is 0.533. The van der Waals surface area contributed by atoms with Gasteiger partial charge >= 0.3 is 6.03 Å². The highest BCUT2D eigenvalue weighted by Gasteiger charge is 2.29. The molecule has 1 aliphatic heterocycles. The molecule has 0 unspecified atom stereocenters. The van der Waals surface area contributed by atoms with Crippen molar-refractivity contribution >= 4 is 11.7 Å². The van der Waals surface area contributed by atoms with E-state index in [4.69, 9.17) is 0 Å². The summed E-state index contributed by atoms with van der Waals surface area (Å²) in [4.78, 5) is 23.0. The standard InChI is InChI=1S/C16H18N8O/c25-16(23-7-2-1-5-14(23)12-8-19-20-9-12)22-13-4-3-6-18-15(13)24-11-17-10-21-24/h3-4,6,8-11,14H,1-2,5,7H2,(H,19,20)(H,22,25)/t14-/m0/s1. The number of pyridine rings is 1. The van der Waals surface area contributed by atoms with Crippen LogP contribution in [-0.4, -0.2) is 47.4 Å². The summed E-state index contributed by atoms with van der Waals surface area (Å²) in [6.45, 7) is 0.709. The van der Waals surface area contributed by atoms with Crippen molar-refractivity contribution in [3.8, 4) is 5.82 Å². The minimum absolute atomic E-state index is 0.0268. The van der Waals surface area contributed by atoms with Crippen LogP contribution in [0.4, 0.5) is 10.5 Å². The molecule has 128 valence electrons. The van der Waals surface area contributed by atoms with Crippen molar-refractivity contribution in [1.82, 2.24) is 34.8 Å². The van der Waals surface area contributed by atoms with E-state index in [0.717, 1.165) is 24.8 Å². The Bertz CT molecular complexity index is 830. The predicted octanol–water partition coefficient (Wildman–Crippen LogP) is 2.14. The molecule has 0 aliphatic carbocycles. The number of hydrogen-bond donors (Lipinski definition) is 2. The molecule has 2 amide bonds. The molecule has 0 aromatic carbocycles. The van der Waals surface area contributed by atoms with Gasteiger partial charge in [-0.25, -0.2) is 19.4 Å². The highest BCUT2D eigenvalue weighted by molar-refractivity contribution is 5.91. The van der Waals surface area contributed by atoms with Crippen molar-refractivity contribution < 1.29 is 4.79 Å². The maximum atomic E-state index is 12.9. The Balaban J connectivity index is 1.57. The van der Waals surface area contributed by atoms with E-state index in [-0.39, 0.29) is 12.1 Å². The maximum absolute atomic E-state index is 12.9. The number of H-pyrrole nitrogens is 1. The third kappa shape index (κ3) is 3.08. The highest BCUT2D eigenvalue weighted by atomic mass is 16.2. The first-order valence-corrected chi connectivity index (χ1v) is 8.19. The summed E-state index contributed by atoms with van der Waals surface area (Å²) in [5, 5.41) is 13.9. The number of nitrogens with one attached hydrogen (secondary N) is 2. The molecule has 9 nitrogen and oxygen atoms in total. The summed E-state index contributed by atoms with van der Waals surface area (Å²) in [5.41, 5.74) is 1.62. The first-order chi connectivity index (χ1) is 12.3. The molecule has 3 aromatic rings. The van der Waals surface area contributed by atoms with Crippen LogP contribution in [0, 0.1) is 0 Å². The Morgan fingerprint density at radius 1 is 1.36 bits per heavy atom. The molecule has 0 saturated carbocycles. The van der Waals surface area contributed by atoms with Gasteiger partial charge < -0.3 is 10.2 Å². The zero-order chi connectivity index (χ0) is 17.1. The van der Waals surface area contributed by atoms with E-state index in [2.05, 4.69) is 30.6 Å². The lowest BCUT2D eigenvalue weighted by molar-refractivity contribution is 0.163. The van der Waals surface area contributed by atoms with Gasteiger partial charge in [-0.05, 0) is 31.4 Å². The molecule has 0 radical (unpaired) electrons. The number of piperidine rings is 1. The fourth-order valence-corrected chi connectivity index (χ4v) is 3.15. The largest absolute Gasteiger partial charge is 0.322 e. The van der Waals surface area contributed by atoms with Crippen molar-refractivity contribution in [2.75, 3.05) is 11.9 Å². The molecule has 4 rings (SSSR count). The number of hydrogen-bond acceptors (Lipinski definition) is 5. The molecule has 1 aliphatic rings.